The van der Waals surface area contributed by atoms with E-state index in [2.05, 4.69) is 5.43 Å². The van der Waals surface area contributed by atoms with Crippen molar-refractivity contribution in [2.75, 3.05) is 0 Å². The first-order chi connectivity index (χ1) is 9.78. The average Bonchev–Trinajstić information content (AvgIpc) is 2.76. The predicted octanol–water partition coefficient (Wildman–Crippen LogP) is 1.78. The Balaban J connectivity index is 1.58. The minimum Gasteiger partial charge on any atom is -0.445 e. The third-order valence-electron chi connectivity index (χ3n) is 4.38. The summed E-state index contributed by atoms with van der Waals surface area (Å²) in [7, 11) is 0. The van der Waals surface area contributed by atoms with E-state index in [0.717, 1.165) is 31.2 Å². The molecule has 2 atom stereocenters. The van der Waals surface area contributed by atoms with Crippen LogP contribution in [-0.2, 0) is 11.3 Å². The van der Waals surface area contributed by atoms with Gasteiger partial charge in [-0.1, -0.05) is 30.3 Å². The fourth-order valence-electron chi connectivity index (χ4n) is 3.41. The van der Waals surface area contributed by atoms with Gasteiger partial charge in [0.15, 0.2) is 0 Å². The number of nitrogens with two attached hydrogens (primary N) is 1. The molecule has 2 fully saturated rings. The Hall–Kier alpha value is -1.59. The van der Waals surface area contributed by atoms with Crippen LogP contribution in [0.4, 0.5) is 4.79 Å². The van der Waals surface area contributed by atoms with Crippen molar-refractivity contribution in [3.05, 3.63) is 35.9 Å². The Labute approximate surface area is 119 Å². The summed E-state index contributed by atoms with van der Waals surface area (Å²) < 4.78 is 5.45. The lowest BCUT2D eigenvalue weighted by atomic mass is 9.98. The Kier molecular flexibility index (Phi) is 3.89. The number of rotatable bonds is 3. The van der Waals surface area contributed by atoms with E-state index in [-0.39, 0.29) is 18.2 Å². The molecular weight excluding hydrogens is 254 g/mol. The van der Waals surface area contributed by atoms with E-state index in [1.807, 2.05) is 35.2 Å². The summed E-state index contributed by atoms with van der Waals surface area (Å²) in [5.41, 5.74) is 3.86. The number of carbonyl (C=O) groups excluding carboxylic acids is 1. The first-order valence-electron chi connectivity index (χ1n) is 7.23. The highest BCUT2D eigenvalue weighted by molar-refractivity contribution is 5.69. The van der Waals surface area contributed by atoms with Crippen LogP contribution in [0.25, 0.3) is 0 Å². The smallest absolute Gasteiger partial charge is 0.410 e. The van der Waals surface area contributed by atoms with Gasteiger partial charge in [0.25, 0.3) is 0 Å². The van der Waals surface area contributed by atoms with E-state index in [1.165, 1.54) is 0 Å². The van der Waals surface area contributed by atoms with E-state index < -0.39 is 0 Å². The summed E-state index contributed by atoms with van der Waals surface area (Å²) in [5, 5.41) is 0. The van der Waals surface area contributed by atoms with Gasteiger partial charge in [-0.15, -0.1) is 0 Å². The standard InChI is InChI=1S/C15H21N3O2/c16-17-12-8-13-6-7-14(9-12)18(13)15(19)20-10-11-4-2-1-3-5-11/h1-5,12-14,17H,6-10,16H2. The third-order valence-corrected chi connectivity index (χ3v) is 4.38. The number of hydrazine groups is 1. The van der Waals surface area contributed by atoms with Crippen LogP contribution in [0, 0.1) is 0 Å². The fourth-order valence-corrected chi connectivity index (χ4v) is 3.41. The molecule has 5 nitrogen and oxygen atoms in total. The second-order valence-electron chi connectivity index (χ2n) is 5.67. The van der Waals surface area contributed by atoms with Crippen LogP contribution in [0.3, 0.4) is 0 Å². The summed E-state index contributed by atoms with van der Waals surface area (Å²) in [6.45, 7) is 0.341. The van der Waals surface area contributed by atoms with Crippen molar-refractivity contribution in [3.63, 3.8) is 0 Å². The molecule has 1 aromatic rings. The molecule has 2 unspecified atom stereocenters. The molecule has 2 saturated heterocycles. The van der Waals surface area contributed by atoms with Gasteiger partial charge < -0.3 is 9.64 Å². The monoisotopic (exact) mass is 275 g/mol. The van der Waals surface area contributed by atoms with Crippen LogP contribution in [0.5, 0.6) is 0 Å². The van der Waals surface area contributed by atoms with E-state index >= 15 is 0 Å². The Morgan fingerprint density at radius 3 is 2.50 bits per heavy atom. The van der Waals surface area contributed by atoms with Gasteiger partial charge in [-0.3, -0.25) is 11.3 Å². The number of hydrogen-bond donors (Lipinski definition) is 2. The van der Waals surface area contributed by atoms with E-state index in [4.69, 9.17) is 10.6 Å². The highest BCUT2D eigenvalue weighted by Crippen LogP contribution is 2.36. The molecule has 108 valence electrons. The summed E-state index contributed by atoms with van der Waals surface area (Å²) in [6.07, 6.45) is 3.78. The summed E-state index contributed by atoms with van der Waals surface area (Å²) in [6, 6.07) is 10.7. The predicted molar refractivity (Wildman–Crippen MR) is 75.6 cm³/mol. The Morgan fingerprint density at radius 2 is 1.90 bits per heavy atom. The number of amides is 1. The lowest BCUT2D eigenvalue weighted by molar-refractivity contribution is 0.0582. The molecular formula is C15H21N3O2. The van der Waals surface area contributed by atoms with Crippen LogP contribution < -0.4 is 11.3 Å². The number of nitrogens with zero attached hydrogens (tertiary/aromatic N) is 1. The van der Waals surface area contributed by atoms with Crippen molar-refractivity contribution < 1.29 is 9.53 Å². The Morgan fingerprint density at radius 1 is 1.25 bits per heavy atom. The van der Waals surface area contributed by atoms with E-state index in [0.29, 0.717) is 12.6 Å². The lowest BCUT2D eigenvalue weighted by Crippen LogP contribution is -2.52. The van der Waals surface area contributed by atoms with Crippen LogP contribution in [0.15, 0.2) is 30.3 Å². The van der Waals surface area contributed by atoms with E-state index in [9.17, 15) is 4.79 Å². The number of piperidine rings is 1. The molecule has 0 saturated carbocycles. The molecule has 0 aromatic heterocycles. The highest BCUT2D eigenvalue weighted by Gasteiger charge is 2.43. The second-order valence-corrected chi connectivity index (χ2v) is 5.67. The fraction of sp³-hybridized carbons (Fsp3) is 0.533. The van der Waals surface area contributed by atoms with Crippen LogP contribution >= 0.6 is 0 Å². The summed E-state index contributed by atoms with van der Waals surface area (Å²) >= 11 is 0. The van der Waals surface area contributed by atoms with Crippen LogP contribution in [0.2, 0.25) is 0 Å². The SMILES string of the molecule is NNC1CC2CCC(C1)N2C(=O)OCc1ccccc1. The van der Waals surface area contributed by atoms with E-state index in [1.54, 1.807) is 0 Å². The van der Waals surface area contributed by atoms with Gasteiger partial charge in [0.1, 0.15) is 6.61 Å². The van der Waals surface area contributed by atoms with Crippen molar-refractivity contribution in [2.24, 2.45) is 5.84 Å². The molecule has 3 N–H and O–H groups in total. The lowest BCUT2D eigenvalue weighted by Gasteiger charge is -2.37. The quantitative estimate of drug-likeness (QED) is 0.652. The van der Waals surface area contributed by atoms with Crippen molar-refractivity contribution in [1.29, 1.82) is 0 Å². The molecule has 3 rings (SSSR count). The van der Waals surface area contributed by atoms with Gasteiger partial charge in [0, 0.05) is 18.1 Å². The summed E-state index contributed by atoms with van der Waals surface area (Å²) in [5.74, 6) is 5.53. The normalized spacial score (nSPS) is 28.4. The van der Waals surface area contributed by atoms with Gasteiger partial charge in [-0.25, -0.2) is 4.79 Å². The molecule has 2 aliphatic rings. The minimum absolute atomic E-state index is 0.183. The molecule has 0 spiro atoms. The van der Waals surface area contributed by atoms with Crippen LogP contribution in [-0.4, -0.2) is 29.1 Å². The molecule has 1 aromatic carbocycles. The van der Waals surface area contributed by atoms with Crippen molar-refractivity contribution in [2.45, 2.75) is 50.4 Å². The first kappa shape index (κ1) is 13.4. The number of carbonyl (C=O) groups is 1. The Bertz CT molecular complexity index is 451. The van der Waals surface area contributed by atoms with Crippen molar-refractivity contribution in [3.8, 4) is 0 Å². The van der Waals surface area contributed by atoms with Gasteiger partial charge >= 0.3 is 6.09 Å². The molecule has 2 heterocycles. The van der Waals surface area contributed by atoms with Crippen molar-refractivity contribution in [1.82, 2.24) is 10.3 Å². The number of nitrogens with one attached hydrogen (secondary N) is 1. The minimum atomic E-state index is -0.183. The topological polar surface area (TPSA) is 67.6 Å². The third kappa shape index (κ3) is 2.64. The van der Waals surface area contributed by atoms with Gasteiger partial charge in [0.05, 0.1) is 0 Å². The maximum Gasteiger partial charge on any atom is 0.410 e. The summed E-state index contributed by atoms with van der Waals surface area (Å²) in [4.78, 5) is 14.2. The second kappa shape index (κ2) is 5.81. The number of benzene rings is 1. The maximum absolute atomic E-state index is 12.3. The molecule has 0 radical (unpaired) electrons. The highest BCUT2D eigenvalue weighted by atomic mass is 16.6. The van der Waals surface area contributed by atoms with Gasteiger partial charge in [-0.05, 0) is 31.2 Å². The average molecular weight is 275 g/mol. The molecule has 2 bridgehead atoms. The molecule has 5 heteroatoms. The molecule has 0 aliphatic carbocycles. The van der Waals surface area contributed by atoms with Crippen LogP contribution in [0.1, 0.15) is 31.2 Å². The van der Waals surface area contributed by atoms with Gasteiger partial charge in [0.2, 0.25) is 0 Å². The first-order valence-corrected chi connectivity index (χ1v) is 7.23. The largest absolute Gasteiger partial charge is 0.445 e. The zero-order valence-corrected chi connectivity index (χ0v) is 11.5. The zero-order valence-electron chi connectivity index (χ0n) is 11.5. The number of fused-ring (bicyclic) bond motifs is 2. The van der Waals surface area contributed by atoms with Gasteiger partial charge in [-0.2, -0.15) is 0 Å². The number of hydrogen-bond acceptors (Lipinski definition) is 4. The zero-order chi connectivity index (χ0) is 13.9. The number of ether oxygens (including phenoxy) is 1. The molecule has 20 heavy (non-hydrogen) atoms. The molecule has 2 aliphatic heterocycles. The maximum atomic E-state index is 12.3. The van der Waals surface area contributed by atoms with Crippen molar-refractivity contribution >= 4 is 6.09 Å². The molecule has 1 amide bonds.